The molecule has 1 saturated heterocycles. The molecular weight excluding hydrogens is 588 g/mol. The minimum absolute atomic E-state index is 0.119. The first-order chi connectivity index (χ1) is 21.8. The van der Waals surface area contributed by atoms with E-state index in [0.717, 1.165) is 68.9 Å². The molecular formula is C36H44N2O6S. The predicted molar refractivity (Wildman–Crippen MR) is 178 cm³/mol. The Hall–Kier alpha value is -3.50. The Morgan fingerprint density at radius 2 is 1.69 bits per heavy atom. The molecule has 3 aromatic rings. The Kier molecular flexibility index (Phi) is 11.5. The number of fused-ring (bicyclic) bond motifs is 1. The Bertz CT molecular complexity index is 1560. The van der Waals surface area contributed by atoms with Gasteiger partial charge in [-0.15, -0.1) is 0 Å². The van der Waals surface area contributed by atoms with Crippen LogP contribution in [0.25, 0.3) is 17.2 Å². The lowest BCUT2D eigenvalue weighted by Gasteiger charge is -2.31. The molecule has 45 heavy (non-hydrogen) atoms. The number of anilines is 1. The van der Waals surface area contributed by atoms with Crippen LogP contribution >= 0.6 is 0 Å². The molecule has 1 fully saturated rings. The van der Waals surface area contributed by atoms with E-state index in [4.69, 9.17) is 14.2 Å². The third-order valence-corrected chi connectivity index (χ3v) is 10.1. The molecule has 2 aliphatic heterocycles. The summed E-state index contributed by atoms with van der Waals surface area (Å²) in [5.41, 5.74) is 4.59. The van der Waals surface area contributed by atoms with Crippen molar-refractivity contribution in [2.24, 2.45) is 0 Å². The number of benzene rings is 3. The van der Waals surface area contributed by atoms with Gasteiger partial charge in [-0.1, -0.05) is 37.3 Å². The largest absolute Gasteiger partial charge is 0.494 e. The number of sulfone groups is 1. The van der Waals surface area contributed by atoms with Crippen molar-refractivity contribution in [3.63, 3.8) is 0 Å². The average molecular weight is 633 g/mol. The molecule has 0 saturated carbocycles. The van der Waals surface area contributed by atoms with Crippen molar-refractivity contribution in [1.29, 1.82) is 0 Å². The fourth-order valence-corrected chi connectivity index (χ4v) is 7.17. The summed E-state index contributed by atoms with van der Waals surface area (Å²) < 4.78 is 43.1. The normalized spacial score (nSPS) is 16.5. The molecule has 240 valence electrons. The molecule has 8 nitrogen and oxygen atoms in total. The van der Waals surface area contributed by atoms with E-state index in [-0.39, 0.29) is 23.0 Å². The van der Waals surface area contributed by atoms with Gasteiger partial charge in [-0.2, -0.15) is 0 Å². The quantitative estimate of drug-likeness (QED) is 0.219. The molecule has 0 atom stereocenters. The van der Waals surface area contributed by atoms with Gasteiger partial charge in [-0.3, -0.25) is 9.69 Å². The number of rotatable bonds is 13. The summed E-state index contributed by atoms with van der Waals surface area (Å²) in [4.78, 5) is 15.9. The lowest BCUT2D eigenvalue weighted by atomic mass is 10.0. The van der Waals surface area contributed by atoms with Crippen LogP contribution in [-0.4, -0.2) is 71.1 Å². The second-order valence-electron chi connectivity index (χ2n) is 11.7. The van der Waals surface area contributed by atoms with Crippen LogP contribution in [0.5, 0.6) is 5.75 Å². The van der Waals surface area contributed by atoms with E-state index < -0.39 is 9.84 Å². The van der Waals surface area contributed by atoms with Crippen molar-refractivity contribution < 1.29 is 27.4 Å². The fraction of sp³-hybridized carbons (Fsp3) is 0.417. The maximum Gasteiger partial charge on any atom is 0.251 e. The summed E-state index contributed by atoms with van der Waals surface area (Å²) in [5, 5.41) is 2.97. The van der Waals surface area contributed by atoms with Crippen LogP contribution in [-0.2, 0) is 30.7 Å². The third-order valence-electron chi connectivity index (χ3n) is 8.30. The van der Waals surface area contributed by atoms with Crippen LogP contribution < -0.4 is 10.1 Å². The predicted octanol–water partition coefficient (Wildman–Crippen LogP) is 6.36. The fourth-order valence-electron chi connectivity index (χ4n) is 5.71. The number of ether oxygens (including phenoxy) is 3. The monoisotopic (exact) mass is 632 g/mol. The molecule has 9 heteroatoms. The summed E-state index contributed by atoms with van der Waals surface area (Å²) in [6, 6.07) is 21.4. The Labute approximate surface area is 267 Å². The second kappa shape index (κ2) is 15.7. The van der Waals surface area contributed by atoms with E-state index in [9.17, 15) is 13.2 Å². The van der Waals surface area contributed by atoms with Crippen molar-refractivity contribution in [3.8, 4) is 16.9 Å². The summed E-state index contributed by atoms with van der Waals surface area (Å²) >= 11 is 0. The van der Waals surface area contributed by atoms with Gasteiger partial charge in [0, 0.05) is 56.7 Å². The standard InChI is InChI=1S/C36H44N2O6S/c1-3-18-42-19-4-20-44-34-12-7-28(8-13-34)29-9-14-35-31(24-29)25-30(17-23-45(35,40)41)36(39)37-32-10-5-27(6-11-32)26-38(2)33-15-21-43-22-16-33/h5-14,24-25,33H,3-4,15-23,26H2,1-2H3,(H,37,39). The van der Waals surface area contributed by atoms with Gasteiger partial charge in [0.25, 0.3) is 5.91 Å². The van der Waals surface area contributed by atoms with Crippen LogP contribution in [0.3, 0.4) is 0 Å². The zero-order valence-corrected chi connectivity index (χ0v) is 27.1. The first-order valence-electron chi connectivity index (χ1n) is 15.9. The third kappa shape index (κ3) is 9.04. The molecule has 0 spiro atoms. The molecule has 0 aliphatic carbocycles. The van der Waals surface area contributed by atoms with Crippen molar-refractivity contribution in [2.75, 3.05) is 51.2 Å². The summed E-state index contributed by atoms with van der Waals surface area (Å²) in [6.45, 7) is 6.55. The van der Waals surface area contributed by atoms with Gasteiger partial charge in [-0.05, 0) is 97.5 Å². The number of carbonyl (C=O) groups is 1. The van der Waals surface area contributed by atoms with E-state index >= 15 is 0 Å². The molecule has 2 heterocycles. The van der Waals surface area contributed by atoms with Crippen LogP contribution in [0.15, 0.2) is 77.2 Å². The Morgan fingerprint density at radius 1 is 0.956 bits per heavy atom. The number of carbonyl (C=O) groups excluding carboxylic acids is 1. The Morgan fingerprint density at radius 3 is 2.42 bits per heavy atom. The van der Waals surface area contributed by atoms with Gasteiger partial charge >= 0.3 is 0 Å². The van der Waals surface area contributed by atoms with Crippen LogP contribution in [0.4, 0.5) is 5.69 Å². The highest BCUT2D eigenvalue weighted by Gasteiger charge is 2.25. The van der Waals surface area contributed by atoms with E-state index in [1.54, 1.807) is 12.1 Å². The highest BCUT2D eigenvalue weighted by Crippen LogP contribution is 2.32. The van der Waals surface area contributed by atoms with Gasteiger partial charge in [0.15, 0.2) is 9.84 Å². The van der Waals surface area contributed by atoms with Gasteiger partial charge in [0.2, 0.25) is 0 Å². The summed E-state index contributed by atoms with van der Waals surface area (Å²) in [7, 11) is -1.41. The average Bonchev–Trinajstić information content (AvgIpc) is 3.19. The van der Waals surface area contributed by atoms with Crippen molar-refractivity contribution in [2.45, 2.75) is 56.5 Å². The molecule has 0 aromatic heterocycles. The number of amides is 1. The summed E-state index contributed by atoms with van der Waals surface area (Å²) in [5.74, 6) is 0.355. The van der Waals surface area contributed by atoms with Gasteiger partial charge < -0.3 is 19.5 Å². The number of nitrogens with one attached hydrogen (secondary N) is 1. The Balaban J connectivity index is 1.24. The lowest BCUT2D eigenvalue weighted by molar-refractivity contribution is -0.112. The molecule has 5 rings (SSSR count). The van der Waals surface area contributed by atoms with E-state index in [2.05, 4.69) is 24.2 Å². The zero-order valence-electron chi connectivity index (χ0n) is 26.3. The molecule has 2 aliphatic rings. The first-order valence-corrected chi connectivity index (χ1v) is 17.5. The number of nitrogens with zero attached hydrogens (tertiary/aromatic N) is 1. The number of hydrogen-bond donors (Lipinski definition) is 1. The molecule has 3 aromatic carbocycles. The molecule has 0 radical (unpaired) electrons. The van der Waals surface area contributed by atoms with Crippen molar-refractivity contribution >= 4 is 27.5 Å². The van der Waals surface area contributed by atoms with Gasteiger partial charge in [0.05, 0.1) is 17.3 Å². The summed E-state index contributed by atoms with van der Waals surface area (Å²) in [6.07, 6.45) is 5.76. The van der Waals surface area contributed by atoms with Gasteiger partial charge in [-0.25, -0.2) is 8.42 Å². The lowest BCUT2D eigenvalue weighted by Crippen LogP contribution is -2.36. The van der Waals surface area contributed by atoms with E-state index in [1.807, 2.05) is 60.7 Å². The SMILES string of the molecule is CCCOCCCOc1ccc(-c2ccc3c(c2)C=C(C(=O)Nc2ccc(CN(C)C4CCOCC4)cc2)CCS3(=O)=O)cc1. The highest BCUT2D eigenvalue weighted by molar-refractivity contribution is 7.91. The number of hydrogen-bond acceptors (Lipinski definition) is 7. The van der Waals surface area contributed by atoms with Crippen molar-refractivity contribution in [3.05, 3.63) is 83.4 Å². The van der Waals surface area contributed by atoms with E-state index in [1.165, 1.54) is 5.56 Å². The topological polar surface area (TPSA) is 94.2 Å². The highest BCUT2D eigenvalue weighted by atomic mass is 32.2. The smallest absolute Gasteiger partial charge is 0.251 e. The second-order valence-corrected chi connectivity index (χ2v) is 13.8. The van der Waals surface area contributed by atoms with Crippen LogP contribution in [0, 0.1) is 0 Å². The van der Waals surface area contributed by atoms with E-state index in [0.29, 0.717) is 36.1 Å². The molecule has 0 bridgehead atoms. The first kappa shape index (κ1) is 32.9. The van der Waals surface area contributed by atoms with Crippen LogP contribution in [0.2, 0.25) is 0 Å². The molecule has 0 unspecified atom stereocenters. The minimum Gasteiger partial charge on any atom is -0.494 e. The zero-order chi connectivity index (χ0) is 31.6. The molecule has 1 amide bonds. The van der Waals surface area contributed by atoms with Crippen molar-refractivity contribution in [1.82, 2.24) is 4.90 Å². The van der Waals surface area contributed by atoms with Gasteiger partial charge in [0.1, 0.15) is 5.75 Å². The minimum atomic E-state index is -3.54. The van der Waals surface area contributed by atoms with Crippen LogP contribution in [0.1, 0.15) is 50.2 Å². The molecule has 1 N–H and O–H groups in total. The maximum atomic E-state index is 13.3. The maximum absolute atomic E-state index is 13.3.